The van der Waals surface area contributed by atoms with Crippen molar-refractivity contribution in [3.05, 3.63) is 16.4 Å². The molecule has 0 aromatic carbocycles. The maximum Gasteiger partial charge on any atom is 0.130 e. The minimum absolute atomic E-state index is 0.143. The van der Waals surface area contributed by atoms with Crippen LogP contribution in [-0.4, -0.2) is 35.1 Å². The van der Waals surface area contributed by atoms with E-state index in [9.17, 15) is 0 Å². The predicted octanol–water partition coefficient (Wildman–Crippen LogP) is 2.72. The molecule has 1 N–H and O–H groups in total. The van der Waals surface area contributed by atoms with Crippen molar-refractivity contribution < 1.29 is 4.74 Å². The van der Waals surface area contributed by atoms with Gasteiger partial charge in [-0.05, 0) is 40.2 Å². The van der Waals surface area contributed by atoms with Gasteiger partial charge in [0.15, 0.2) is 0 Å². The lowest BCUT2D eigenvalue weighted by Gasteiger charge is -2.29. The third-order valence-corrected chi connectivity index (χ3v) is 3.98. The highest BCUT2D eigenvalue weighted by Gasteiger charge is 2.24. The predicted molar refractivity (Wildman–Crippen MR) is 79.8 cm³/mol. The number of halogens is 1. The van der Waals surface area contributed by atoms with Crippen molar-refractivity contribution in [1.82, 2.24) is 15.1 Å². The van der Waals surface area contributed by atoms with E-state index in [0.29, 0.717) is 6.04 Å². The van der Waals surface area contributed by atoms with Crippen molar-refractivity contribution in [2.24, 2.45) is 7.05 Å². The second-order valence-electron chi connectivity index (χ2n) is 5.61. The third kappa shape index (κ3) is 4.48. The highest BCUT2D eigenvalue weighted by molar-refractivity contribution is 6.30. The monoisotopic (exact) mass is 287 g/mol. The molecule has 5 heteroatoms. The molecular weight excluding hydrogens is 262 g/mol. The molecule has 0 aliphatic heterocycles. The smallest absolute Gasteiger partial charge is 0.130 e. The van der Waals surface area contributed by atoms with Gasteiger partial charge in [0.2, 0.25) is 0 Å². The van der Waals surface area contributed by atoms with Gasteiger partial charge < -0.3 is 10.1 Å². The number of methoxy groups -OCH3 is 1. The molecule has 0 aliphatic carbocycles. The summed E-state index contributed by atoms with van der Waals surface area (Å²) in [7, 11) is 3.63. The molecule has 0 amide bonds. The van der Waals surface area contributed by atoms with Gasteiger partial charge in [-0.1, -0.05) is 18.5 Å². The summed E-state index contributed by atoms with van der Waals surface area (Å²) in [5, 5.41) is 8.61. The van der Waals surface area contributed by atoms with Crippen LogP contribution in [0.25, 0.3) is 0 Å². The molecular formula is C14H26ClN3O. The Hall–Kier alpha value is -0.580. The lowest BCUT2D eigenvalue weighted by atomic mass is 9.94. The highest BCUT2D eigenvalue weighted by atomic mass is 35.5. The maximum absolute atomic E-state index is 6.30. The van der Waals surface area contributed by atoms with Crippen LogP contribution in [0, 0.1) is 6.92 Å². The quantitative estimate of drug-likeness (QED) is 0.838. The van der Waals surface area contributed by atoms with Crippen molar-refractivity contribution in [2.75, 3.05) is 13.7 Å². The Bertz CT molecular complexity index is 415. The standard InChI is InChI=1S/C14H26ClN3O/c1-7-16-11(9-14(3,4)19-6)8-12-10(2)17-18(5)13(12)15/h11,16H,7-9H2,1-6H3. The molecule has 1 aromatic heterocycles. The van der Waals surface area contributed by atoms with Crippen LogP contribution in [0.3, 0.4) is 0 Å². The van der Waals surface area contributed by atoms with Crippen LogP contribution in [0.2, 0.25) is 5.15 Å². The van der Waals surface area contributed by atoms with E-state index in [1.54, 1.807) is 11.8 Å². The van der Waals surface area contributed by atoms with E-state index in [1.165, 1.54) is 0 Å². The van der Waals surface area contributed by atoms with E-state index in [0.717, 1.165) is 35.8 Å². The zero-order chi connectivity index (χ0) is 14.6. The summed E-state index contributed by atoms with van der Waals surface area (Å²) in [4.78, 5) is 0. The van der Waals surface area contributed by atoms with Gasteiger partial charge >= 0.3 is 0 Å². The van der Waals surface area contributed by atoms with Gasteiger partial charge in [-0.3, -0.25) is 4.68 Å². The van der Waals surface area contributed by atoms with Gasteiger partial charge in [0.25, 0.3) is 0 Å². The van der Waals surface area contributed by atoms with Crippen LogP contribution in [0.15, 0.2) is 0 Å². The van der Waals surface area contributed by atoms with Crippen LogP contribution in [-0.2, 0) is 18.2 Å². The van der Waals surface area contributed by atoms with E-state index >= 15 is 0 Å². The van der Waals surface area contributed by atoms with E-state index in [-0.39, 0.29) is 5.60 Å². The highest BCUT2D eigenvalue weighted by Crippen LogP contribution is 2.24. The maximum atomic E-state index is 6.30. The zero-order valence-corrected chi connectivity index (χ0v) is 13.6. The van der Waals surface area contributed by atoms with Gasteiger partial charge in [0.05, 0.1) is 11.3 Å². The Labute approximate surface area is 121 Å². The number of aromatic nitrogens is 2. The molecule has 1 heterocycles. The number of hydrogen-bond donors (Lipinski definition) is 1. The summed E-state index contributed by atoms with van der Waals surface area (Å²) in [6, 6.07) is 0.334. The van der Waals surface area contributed by atoms with Crippen molar-refractivity contribution in [3.63, 3.8) is 0 Å². The fourth-order valence-corrected chi connectivity index (χ4v) is 2.59. The van der Waals surface area contributed by atoms with E-state index in [4.69, 9.17) is 16.3 Å². The Morgan fingerprint density at radius 3 is 2.53 bits per heavy atom. The fourth-order valence-electron chi connectivity index (χ4n) is 2.33. The Morgan fingerprint density at radius 2 is 2.11 bits per heavy atom. The second kappa shape index (κ2) is 6.73. The van der Waals surface area contributed by atoms with Gasteiger partial charge in [0.1, 0.15) is 5.15 Å². The number of hydrogen-bond acceptors (Lipinski definition) is 3. The average molecular weight is 288 g/mol. The first-order chi connectivity index (χ1) is 8.80. The topological polar surface area (TPSA) is 39.1 Å². The van der Waals surface area contributed by atoms with Gasteiger partial charge in [-0.2, -0.15) is 5.10 Å². The Kier molecular flexibility index (Phi) is 5.83. The molecule has 1 rings (SSSR count). The molecule has 0 fully saturated rings. The molecule has 0 saturated carbocycles. The summed E-state index contributed by atoms with van der Waals surface area (Å²) in [5.74, 6) is 0. The number of nitrogens with one attached hydrogen (secondary N) is 1. The number of nitrogens with zero attached hydrogens (tertiary/aromatic N) is 2. The molecule has 0 saturated heterocycles. The van der Waals surface area contributed by atoms with Crippen molar-refractivity contribution in [3.8, 4) is 0 Å². The van der Waals surface area contributed by atoms with E-state index in [2.05, 4.69) is 31.2 Å². The van der Waals surface area contributed by atoms with Gasteiger partial charge in [0, 0.05) is 25.8 Å². The van der Waals surface area contributed by atoms with Gasteiger partial charge in [-0.25, -0.2) is 0 Å². The summed E-state index contributed by atoms with van der Waals surface area (Å²) >= 11 is 6.30. The lowest BCUT2D eigenvalue weighted by Crippen LogP contribution is -2.39. The first kappa shape index (κ1) is 16.5. The molecule has 0 aliphatic rings. The Balaban J connectivity index is 2.83. The first-order valence-electron chi connectivity index (χ1n) is 6.77. The summed E-state index contributed by atoms with van der Waals surface area (Å²) in [5.41, 5.74) is 1.99. The SMILES string of the molecule is CCNC(Cc1c(C)nn(C)c1Cl)CC(C)(C)OC. The van der Waals surface area contributed by atoms with Crippen molar-refractivity contribution in [1.29, 1.82) is 0 Å². The molecule has 1 atom stereocenters. The number of likely N-dealkylation sites (N-methyl/N-ethyl adjacent to an activating group) is 1. The van der Waals surface area contributed by atoms with Crippen LogP contribution >= 0.6 is 11.6 Å². The third-order valence-electron chi connectivity index (χ3n) is 3.50. The normalized spacial score (nSPS) is 13.8. The van der Waals surface area contributed by atoms with E-state index < -0.39 is 0 Å². The molecule has 1 unspecified atom stereocenters. The summed E-state index contributed by atoms with van der Waals surface area (Å²) in [6.45, 7) is 9.27. The largest absolute Gasteiger partial charge is 0.379 e. The van der Waals surface area contributed by atoms with Crippen LogP contribution in [0.5, 0.6) is 0 Å². The Morgan fingerprint density at radius 1 is 1.47 bits per heavy atom. The minimum atomic E-state index is -0.143. The molecule has 19 heavy (non-hydrogen) atoms. The molecule has 0 radical (unpaired) electrons. The number of aryl methyl sites for hydroxylation is 2. The van der Waals surface area contributed by atoms with Crippen LogP contribution < -0.4 is 5.32 Å². The van der Waals surface area contributed by atoms with Gasteiger partial charge in [-0.15, -0.1) is 0 Å². The summed E-state index contributed by atoms with van der Waals surface area (Å²) in [6.07, 6.45) is 1.81. The van der Waals surface area contributed by atoms with Crippen molar-refractivity contribution in [2.45, 2.75) is 52.2 Å². The average Bonchev–Trinajstić information content (AvgIpc) is 2.56. The lowest BCUT2D eigenvalue weighted by molar-refractivity contribution is 0.00725. The number of rotatable bonds is 7. The molecule has 0 spiro atoms. The minimum Gasteiger partial charge on any atom is -0.379 e. The van der Waals surface area contributed by atoms with Crippen LogP contribution in [0.4, 0.5) is 0 Å². The molecule has 4 nitrogen and oxygen atoms in total. The first-order valence-corrected chi connectivity index (χ1v) is 7.15. The molecule has 0 bridgehead atoms. The van der Waals surface area contributed by atoms with Crippen molar-refractivity contribution >= 4 is 11.6 Å². The number of ether oxygens (including phenoxy) is 1. The van der Waals surface area contributed by atoms with Crippen LogP contribution in [0.1, 0.15) is 38.4 Å². The second-order valence-corrected chi connectivity index (χ2v) is 5.96. The fraction of sp³-hybridized carbons (Fsp3) is 0.786. The molecule has 110 valence electrons. The van der Waals surface area contributed by atoms with E-state index in [1.807, 2.05) is 14.0 Å². The zero-order valence-electron chi connectivity index (χ0n) is 12.9. The summed E-state index contributed by atoms with van der Waals surface area (Å²) < 4.78 is 7.26. The molecule has 1 aromatic rings.